The van der Waals surface area contributed by atoms with E-state index in [-0.39, 0.29) is 54.6 Å². The zero-order valence-corrected chi connectivity index (χ0v) is 20.2. The van der Waals surface area contributed by atoms with Crippen LogP contribution in [-0.4, -0.2) is 74.9 Å². The van der Waals surface area contributed by atoms with Crippen molar-refractivity contribution in [1.82, 2.24) is 0 Å². The fourth-order valence-corrected chi connectivity index (χ4v) is 0.600. The largest absolute Gasteiger partial charge is 2.00 e. The van der Waals surface area contributed by atoms with Crippen LogP contribution in [0.25, 0.3) is 0 Å². The van der Waals surface area contributed by atoms with Crippen molar-refractivity contribution in [3.63, 3.8) is 0 Å². The second-order valence-electron chi connectivity index (χ2n) is 2.23. The fourth-order valence-electron chi connectivity index (χ4n) is 0.428. The van der Waals surface area contributed by atoms with Crippen LogP contribution in [0.5, 0.6) is 0 Å². The Labute approximate surface area is 183 Å². The van der Waals surface area contributed by atoms with E-state index < -0.39 is 20.3 Å². The number of benzene rings is 1. The van der Waals surface area contributed by atoms with Crippen molar-refractivity contribution >= 4 is 67.2 Å². The van der Waals surface area contributed by atoms with Gasteiger partial charge in [-0.25, -0.2) is 0 Å². The molecule has 1 rings (SSSR count). The molecule has 0 fully saturated rings. The minimum atomic E-state index is -1.75. The van der Waals surface area contributed by atoms with Gasteiger partial charge in [0.25, 0.3) is 0 Å². The summed E-state index contributed by atoms with van der Waals surface area (Å²) < 4.78 is 0. The molecule has 0 aliphatic carbocycles. The molecule has 0 amide bonds. The van der Waals surface area contributed by atoms with Crippen LogP contribution in [0.4, 0.5) is 0 Å². The molecule has 0 atom stereocenters. The number of hydrogen-bond acceptors (Lipinski definition) is 13. The Hall–Kier alpha value is -1.79. The Morgan fingerprint density at radius 3 is 0.800 bits per heavy atom. The Bertz CT molecular complexity index is 402. The van der Waals surface area contributed by atoms with Gasteiger partial charge in [0.05, 0.1) is 20.3 Å². The van der Waals surface area contributed by atoms with E-state index in [0.29, 0.717) is 0 Å². The van der Waals surface area contributed by atoms with Crippen molar-refractivity contribution in [3.05, 3.63) is 91.6 Å². The monoisotopic (exact) mass is 774 g/mol. The number of nitrogens with zero attached hydrogens (tertiary/aromatic N) is 4. The van der Waals surface area contributed by atoms with Crippen LogP contribution < -0.4 is 0 Å². The Morgan fingerprint density at radius 2 is 0.720 bits per heavy atom. The summed E-state index contributed by atoms with van der Waals surface area (Å²) in [5, 5.41) is 59.0. The van der Waals surface area contributed by atoms with Gasteiger partial charge in [0.2, 0.25) is 0 Å². The van der Waals surface area contributed by atoms with Crippen LogP contribution in [0.3, 0.4) is 0 Å². The van der Waals surface area contributed by atoms with Crippen LogP contribution in [0.15, 0.2) is 35.2 Å². The zero-order valence-electron chi connectivity index (χ0n) is 11.5. The fraction of sp³-hybridized carbons (Fsp3) is 0. The average Bonchev–Trinajstić information content (AvgIpc) is 2.26. The van der Waals surface area contributed by atoms with Crippen molar-refractivity contribution in [2.75, 3.05) is 0 Å². The number of hydrogen-bond donors (Lipinski definition) is 1. The molecule has 0 saturated heterocycles. The molecule has 0 bridgehead atoms. The number of rotatable bonds is 0. The first-order valence-corrected chi connectivity index (χ1v) is 4.77. The molecule has 16 nitrogen and oxygen atoms in total. The second-order valence-corrected chi connectivity index (χ2v) is 2.75. The first kappa shape index (κ1) is 38.7. The molecule has 1 aromatic carbocycles. The Kier molecular flexibility index (Phi) is 46.6. The first-order valence-electron chi connectivity index (χ1n) is 4.33. The van der Waals surface area contributed by atoms with Crippen LogP contribution in [0.2, 0.25) is 0 Å². The molecule has 0 spiro atoms. The van der Waals surface area contributed by atoms with Gasteiger partial charge in [-0.2, -0.15) is 0 Å². The second kappa shape index (κ2) is 30.1. The summed E-state index contributed by atoms with van der Waals surface area (Å²) in [6, 6.07) is 9.79. The van der Waals surface area contributed by atoms with E-state index >= 15 is 0 Å². The third-order valence-electron chi connectivity index (χ3n) is 0.756. The van der Waals surface area contributed by atoms with Crippen LogP contribution in [0, 0.1) is 61.3 Å². The van der Waals surface area contributed by atoms with E-state index in [9.17, 15) is 0 Å². The molecule has 25 heavy (non-hydrogen) atoms. The summed E-state index contributed by atoms with van der Waals surface area (Å²) in [5.41, 5.74) is 0. The quantitative estimate of drug-likeness (QED) is 0.161. The molecule has 1 aromatic rings. The molecule has 0 aliphatic heterocycles. The molecule has 19 heteroatoms. The summed E-state index contributed by atoms with van der Waals surface area (Å²) in [7, 11) is 0. The van der Waals surface area contributed by atoms with Crippen LogP contribution >= 0.6 is 12.6 Å². The molecule has 0 unspecified atom stereocenters. The normalized spacial score (nSPS) is 6.28. The first-order chi connectivity index (χ1) is 10.3. The van der Waals surface area contributed by atoms with Gasteiger partial charge in [0.1, 0.15) is 0 Å². The average molecular weight is 773 g/mol. The van der Waals surface area contributed by atoms with E-state index in [1.807, 2.05) is 30.3 Å². The van der Waals surface area contributed by atoms with Crippen LogP contribution in [0.1, 0.15) is 0 Å². The number of thiol groups is 1. The van der Waals surface area contributed by atoms with Crippen molar-refractivity contribution in [2.24, 2.45) is 0 Å². The van der Waals surface area contributed by atoms with Crippen molar-refractivity contribution in [1.29, 1.82) is 0 Å². The molecular weight excluding hydrogens is 767 g/mol. The summed E-state index contributed by atoms with van der Waals surface area (Å²) in [5.74, 6) is 0. The maximum Gasteiger partial charge on any atom is 2.00 e. The van der Waals surface area contributed by atoms with Gasteiger partial charge in [-0.3, -0.25) is 0 Å². The molecule has 4 radical (unpaired) electrons. The molecule has 0 aromatic heterocycles. The molecule has 0 saturated carbocycles. The third kappa shape index (κ3) is 235. The Morgan fingerprint density at radius 1 is 0.560 bits per heavy atom. The molecule has 0 aliphatic rings. The third-order valence-corrected chi connectivity index (χ3v) is 1.05. The maximum atomic E-state index is 8.25. The maximum absolute atomic E-state index is 8.25. The van der Waals surface area contributed by atoms with E-state index in [4.69, 9.17) is 61.3 Å². The van der Waals surface area contributed by atoms with E-state index in [0.717, 1.165) is 4.90 Å². The van der Waals surface area contributed by atoms with Gasteiger partial charge in [-0.15, -0.1) is 12.6 Å². The SMILES string of the molecule is O=[N+]([O-])[O-].O=[N+]([O-])[O-].O=[N+]([O-])[O-].O=[N+]([O-])[O-].Sc1ccccc1.[Pb+2].[Pb+2]. The molecule has 136 valence electrons. The molecule has 0 N–H and O–H groups in total. The van der Waals surface area contributed by atoms with E-state index in [1.165, 1.54) is 0 Å². The summed E-state index contributed by atoms with van der Waals surface area (Å²) in [4.78, 5) is 34.0. The summed E-state index contributed by atoms with van der Waals surface area (Å²) in [6.07, 6.45) is 0. The topological polar surface area (TPSA) is 265 Å². The summed E-state index contributed by atoms with van der Waals surface area (Å²) in [6.45, 7) is 0. The smallest absolute Gasteiger partial charge is 0.356 e. The van der Waals surface area contributed by atoms with E-state index in [1.54, 1.807) is 0 Å². The standard InChI is InChI=1S/C6H6S.4NO3.2Pb/c7-6-4-2-1-3-5-6;4*2-1(3)4;;/h1-5,7H;;;;;;/q;4*-1;2*+2. The zero-order chi connectivity index (χ0) is 19.4. The van der Waals surface area contributed by atoms with Crippen molar-refractivity contribution in [3.8, 4) is 0 Å². The van der Waals surface area contributed by atoms with Crippen molar-refractivity contribution in [2.45, 2.75) is 4.90 Å². The van der Waals surface area contributed by atoms with Gasteiger partial charge in [-0.05, 0) is 12.1 Å². The summed E-state index contributed by atoms with van der Waals surface area (Å²) >= 11 is 4.08. The molecular formula is C6H6N4O12Pb2S. The van der Waals surface area contributed by atoms with Gasteiger partial charge in [-0.1, -0.05) is 18.2 Å². The predicted octanol–water partition coefficient (Wildman–Crippen LogP) is 0.257. The predicted molar refractivity (Wildman–Crippen MR) is 86.6 cm³/mol. The van der Waals surface area contributed by atoms with Crippen LogP contribution in [-0.2, 0) is 0 Å². The van der Waals surface area contributed by atoms with E-state index in [2.05, 4.69) is 12.6 Å². The minimum absolute atomic E-state index is 0. The van der Waals surface area contributed by atoms with Gasteiger partial charge in [0.15, 0.2) is 0 Å². The minimum Gasteiger partial charge on any atom is -0.356 e. The van der Waals surface area contributed by atoms with Crippen molar-refractivity contribution < 1.29 is 20.3 Å². The van der Waals surface area contributed by atoms with Gasteiger partial charge in [0, 0.05) is 4.90 Å². The molecule has 0 heterocycles. The van der Waals surface area contributed by atoms with Gasteiger partial charge < -0.3 is 61.3 Å². The van der Waals surface area contributed by atoms with Gasteiger partial charge >= 0.3 is 54.6 Å². The Balaban J connectivity index is -0.0000000456.